The van der Waals surface area contributed by atoms with Crippen molar-refractivity contribution in [2.75, 3.05) is 30.4 Å². The number of nitrogens with two attached hydrogens (primary N) is 4. The third-order valence-corrected chi connectivity index (χ3v) is 11.6. The van der Waals surface area contributed by atoms with E-state index in [2.05, 4.69) is 97.5 Å². The predicted octanol–water partition coefficient (Wildman–Crippen LogP) is 5.56. The Kier molecular flexibility index (Phi) is 31.8. The highest BCUT2D eigenvalue weighted by molar-refractivity contribution is 5.98. The van der Waals surface area contributed by atoms with E-state index in [1.165, 1.54) is 36.7 Å². The first kappa shape index (κ1) is 72.0. The highest BCUT2D eigenvalue weighted by atomic mass is 16.7. The van der Waals surface area contributed by atoms with Gasteiger partial charge in [-0.1, -0.05) is 63.2 Å². The van der Waals surface area contributed by atoms with E-state index in [9.17, 15) is 33.9 Å². The number of amides is 5. The van der Waals surface area contributed by atoms with Gasteiger partial charge in [0.2, 0.25) is 0 Å². The number of hydroxylamine groups is 3. The maximum atomic E-state index is 12.5. The zero-order valence-electron chi connectivity index (χ0n) is 50.2. The lowest BCUT2D eigenvalue weighted by atomic mass is 10.0. The summed E-state index contributed by atoms with van der Waals surface area (Å²) in [5.41, 5.74) is 35.9. The van der Waals surface area contributed by atoms with Gasteiger partial charge in [0.25, 0.3) is 29.5 Å². The lowest BCUT2D eigenvalue weighted by Gasteiger charge is -2.21. The van der Waals surface area contributed by atoms with Crippen LogP contribution in [-0.2, 0) is 24.1 Å². The minimum atomic E-state index is -1.28. The van der Waals surface area contributed by atoms with Crippen molar-refractivity contribution in [2.24, 2.45) is 17.6 Å². The van der Waals surface area contributed by atoms with Crippen LogP contribution in [0, 0.1) is 82.9 Å². The number of nitrogens with one attached hydrogen (secondary N) is 5. The molecule has 4 atom stereocenters. The highest BCUT2D eigenvalue weighted by Crippen LogP contribution is 2.10. The minimum Gasteiger partial charge on any atom is -0.478 e. The highest BCUT2D eigenvalue weighted by Gasteiger charge is 2.26. The molecule has 0 saturated carbocycles. The molecule has 16 N–H and O–H groups in total. The van der Waals surface area contributed by atoms with Gasteiger partial charge >= 0.3 is 5.97 Å². The Morgan fingerprint density at radius 2 is 0.708 bits per heavy atom. The third-order valence-electron chi connectivity index (χ3n) is 11.6. The van der Waals surface area contributed by atoms with Gasteiger partial charge in [-0.05, 0) is 214 Å². The quantitative estimate of drug-likeness (QED) is 0.0259. The number of carbonyl (C=O) groups is 6. The molecule has 89 heavy (non-hydrogen) atoms. The predicted molar refractivity (Wildman–Crippen MR) is 341 cm³/mol. The lowest BCUT2D eigenvalue weighted by Crippen LogP contribution is -2.51. The molecule has 0 fully saturated rings. The molecular formula is C69H71N9O11. The van der Waals surface area contributed by atoms with Crippen LogP contribution < -0.4 is 50.0 Å². The van der Waals surface area contributed by atoms with E-state index >= 15 is 0 Å². The van der Waals surface area contributed by atoms with Crippen LogP contribution in [0.5, 0.6) is 0 Å². The van der Waals surface area contributed by atoms with Crippen LogP contribution in [0.2, 0.25) is 0 Å². The van der Waals surface area contributed by atoms with Crippen LogP contribution in [0.3, 0.4) is 0 Å². The van der Waals surface area contributed by atoms with E-state index < -0.39 is 42.0 Å². The maximum absolute atomic E-state index is 12.5. The Morgan fingerprint density at radius 1 is 0.427 bits per heavy atom. The Morgan fingerprint density at radius 3 is 0.966 bits per heavy atom. The van der Waals surface area contributed by atoms with E-state index in [1.807, 2.05) is 52.0 Å². The van der Waals surface area contributed by atoms with E-state index in [4.69, 9.17) is 38.1 Å². The molecule has 20 heteroatoms. The molecule has 6 aromatic rings. The average Bonchev–Trinajstić information content (AvgIpc) is 3.68. The molecule has 0 spiro atoms. The normalized spacial score (nSPS) is 10.9. The van der Waals surface area contributed by atoms with Crippen LogP contribution in [0.25, 0.3) is 0 Å². The second kappa shape index (κ2) is 39.3. The van der Waals surface area contributed by atoms with Crippen molar-refractivity contribution in [2.45, 2.75) is 72.7 Å². The molecule has 0 bridgehead atoms. The lowest BCUT2D eigenvalue weighted by molar-refractivity contribution is -0.136. The van der Waals surface area contributed by atoms with Gasteiger partial charge in [0.1, 0.15) is 12.1 Å². The molecule has 5 amide bonds. The number of carboxylic acid groups (broad SMARTS) is 1. The summed E-state index contributed by atoms with van der Waals surface area (Å²) >= 11 is 0. The second-order valence-corrected chi connectivity index (χ2v) is 19.3. The topological polar surface area (TPSA) is 346 Å². The number of aliphatic hydroxyl groups is 1. The number of hydrogen-bond acceptors (Lipinski definition) is 14. The molecule has 0 radical (unpaired) electrons. The molecule has 0 heterocycles. The summed E-state index contributed by atoms with van der Waals surface area (Å²) in [5, 5.41) is 32.1. The monoisotopic (exact) mass is 1200 g/mol. The van der Waals surface area contributed by atoms with E-state index in [0.717, 1.165) is 27.8 Å². The van der Waals surface area contributed by atoms with Gasteiger partial charge in [0.15, 0.2) is 0 Å². The van der Waals surface area contributed by atoms with Gasteiger partial charge in [0, 0.05) is 61.6 Å². The first-order chi connectivity index (χ1) is 42.5. The number of aromatic carboxylic acids is 1. The first-order valence-corrected chi connectivity index (χ1v) is 27.5. The van der Waals surface area contributed by atoms with Gasteiger partial charge < -0.3 is 43.8 Å². The van der Waals surface area contributed by atoms with Gasteiger partial charge in [-0.3, -0.25) is 38.9 Å². The Bertz CT molecular complexity index is 3710. The maximum Gasteiger partial charge on any atom is 0.335 e. The van der Waals surface area contributed by atoms with Crippen molar-refractivity contribution in [1.82, 2.24) is 27.1 Å². The first-order valence-electron chi connectivity index (χ1n) is 27.5. The number of nitrogen functional groups attached to an aromatic ring is 3. The van der Waals surface area contributed by atoms with Crippen molar-refractivity contribution in [3.63, 3.8) is 0 Å². The van der Waals surface area contributed by atoms with E-state index in [-0.39, 0.29) is 40.7 Å². The van der Waals surface area contributed by atoms with Gasteiger partial charge in [0.05, 0.1) is 30.9 Å². The number of carboxylic acids is 1. The van der Waals surface area contributed by atoms with Crippen LogP contribution in [-0.4, -0.2) is 88.4 Å². The summed E-state index contributed by atoms with van der Waals surface area (Å²) in [4.78, 5) is 79.6. The summed E-state index contributed by atoms with van der Waals surface area (Å²) in [6.07, 6.45) is -1.18. The molecule has 0 aliphatic heterocycles. The smallest absolute Gasteiger partial charge is 0.335 e. The molecule has 0 aliphatic carbocycles. The summed E-state index contributed by atoms with van der Waals surface area (Å²) in [7, 11) is 0. The molecule has 6 aromatic carbocycles. The summed E-state index contributed by atoms with van der Waals surface area (Å²) in [6, 6.07) is 38.5. The van der Waals surface area contributed by atoms with E-state index in [0.29, 0.717) is 41.4 Å². The zero-order valence-corrected chi connectivity index (χ0v) is 50.2. The molecule has 0 aliphatic rings. The number of carbonyl (C=O) groups excluding carboxylic acids is 5. The van der Waals surface area contributed by atoms with Crippen molar-refractivity contribution in [1.29, 1.82) is 0 Å². The Hall–Kier alpha value is -11.3. The fourth-order valence-electron chi connectivity index (χ4n) is 6.61. The summed E-state index contributed by atoms with van der Waals surface area (Å²) < 4.78 is 0. The fraction of sp³-hybridized carbons (Fsp3) is 0.217. The van der Waals surface area contributed by atoms with Gasteiger partial charge in [-0.15, -0.1) is 0 Å². The number of benzene rings is 6. The number of anilines is 3. The molecule has 3 unspecified atom stereocenters. The largest absolute Gasteiger partial charge is 0.478 e. The summed E-state index contributed by atoms with van der Waals surface area (Å²) in [5.74, 6) is 30.5. The van der Waals surface area contributed by atoms with Crippen LogP contribution in [0.1, 0.15) is 113 Å². The molecule has 458 valence electrons. The Labute approximate surface area is 518 Å². The molecule has 6 rings (SSSR count). The molecule has 0 aromatic heterocycles. The number of rotatable bonds is 15. The Balaban J connectivity index is 0.000000326. The van der Waals surface area contributed by atoms with Crippen molar-refractivity contribution in [3.05, 3.63) is 196 Å². The summed E-state index contributed by atoms with van der Waals surface area (Å²) in [6.45, 7) is 13.1. The average molecular weight is 1200 g/mol. The van der Waals surface area contributed by atoms with Crippen molar-refractivity contribution < 1.29 is 53.9 Å². The fourth-order valence-corrected chi connectivity index (χ4v) is 6.61. The van der Waals surface area contributed by atoms with Crippen LogP contribution >= 0.6 is 0 Å². The molecular weight excluding hydrogens is 1130 g/mol. The number of hydrogen-bond donors (Lipinski definition) is 12. The van der Waals surface area contributed by atoms with Gasteiger partial charge in [-0.2, -0.15) is 0 Å². The number of aliphatic hydroxyl groups excluding tert-OH is 1. The molecule has 0 saturated heterocycles. The minimum absolute atomic E-state index is 0.0980. The van der Waals surface area contributed by atoms with Crippen LogP contribution in [0.4, 0.5) is 17.1 Å². The molecule has 20 nitrogen and oxygen atoms in total. The van der Waals surface area contributed by atoms with Gasteiger partial charge in [-0.25, -0.2) is 21.2 Å². The SMILES string of the molecule is CCONC(=O)C(N)C(C)C.CCONC(=O)C(NC(=O)c1ccc(C#CC#Cc2ccc(N)cc2)cc1)C(C)C.C[C@@H](O)C(NC(=O)c1ccc(C#CC#Cc2ccc(N)cc2)cc1)C(=O)NO.Nc1ccc(C#CC#Cc2ccc(C(=O)O)cc2)cc1. The zero-order chi connectivity index (χ0) is 65.7. The van der Waals surface area contributed by atoms with E-state index in [1.54, 1.807) is 111 Å². The standard InChI is InChI=1S/C24H25N3O3.C21H19N3O4.C17H11NO2.C7H16N2O2/c1-4-30-27-24(29)22(17(2)3)26-23(28)20-13-9-18(10-14-20)7-5-6-8-19-11-15-21(25)16-12-19;1-14(25)19(21(27)24-28)23-20(26)17-10-6-15(7-11-17)4-2-3-5-16-8-12-18(22)13-9-16;18-16-11-7-14(8-12-16)4-2-1-3-13-5-9-15(10-6-13)17(19)20;1-4-11-9-7(10)6(8)5(2)3/h9-17,22H,4,25H2,1-3H3,(H,26,28)(H,27,29);6-14,19,25,28H,22H2,1H3,(H,23,26)(H,24,27);5-12H,18H2,(H,19,20);5-6H,4,8H2,1-3H3,(H,9,10)/t;14-,19?;;/m.1../s1. The van der Waals surface area contributed by atoms with Crippen LogP contribution in [0.15, 0.2) is 146 Å². The third kappa shape index (κ3) is 28.0. The van der Waals surface area contributed by atoms with Crippen molar-refractivity contribution in [3.8, 4) is 71.0 Å². The second-order valence-electron chi connectivity index (χ2n) is 19.3. The van der Waals surface area contributed by atoms with Crippen molar-refractivity contribution >= 4 is 52.6 Å².